The van der Waals surface area contributed by atoms with E-state index in [0.29, 0.717) is 12.2 Å². The Morgan fingerprint density at radius 3 is 2.67 bits per heavy atom. The van der Waals surface area contributed by atoms with Crippen LogP contribution >= 0.6 is 0 Å². The molecule has 0 spiro atoms. The molecule has 0 aliphatic carbocycles. The zero-order valence-electron chi connectivity index (χ0n) is 15.4. The van der Waals surface area contributed by atoms with Crippen LogP contribution in [-0.2, 0) is 11.2 Å². The predicted octanol–water partition coefficient (Wildman–Crippen LogP) is 2.32. The topological polar surface area (TPSA) is 81.7 Å². The molecule has 0 saturated carbocycles. The number of carbonyl (C=O) groups is 2. The summed E-state index contributed by atoms with van der Waals surface area (Å²) >= 11 is 0. The number of aryl methyl sites for hydroxylation is 1. The summed E-state index contributed by atoms with van der Waals surface area (Å²) in [5, 5.41) is 15.6. The number of rotatable bonds is 5. The molecule has 27 heavy (non-hydrogen) atoms. The van der Waals surface area contributed by atoms with Crippen molar-refractivity contribution in [2.75, 3.05) is 18.4 Å². The number of β-amino-alcohol motifs (C(OH)–C–C–N with tert-alkyl or cyclic N) is 1. The molecule has 0 bridgehead atoms. The van der Waals surface area contributed by atoms with Gasteiger partial charge in [-0.05, 0) is 31.0 Å². The molecule has 2 aromatic carbocycles. The SMILES string of the molecule is Cc1cccc(CCNC(=O)[C@@H]2C[C@H](O)CN2C(=O)Nc2ccccc2)c1. The number of aliphatic hydroxyl groups excluding tert-OH is 1. The van der Waals surface area contributed by atoms with Gasteiger partial charge in [-0.25, -0.2) is 4.79 Å². The molecule has 0 aromatic heterocycles. The van der Waals surface area contributed by atoms with Gasteiger partial charge in [0.15, 0.2) is 0 Å². The molecule has 1 aliphatic rings. The van der Waals surface area contributed by atoms with Gasteiger partial charge in [-0.3, -0.25) is 4.79 Å². The van der Waals surface area contributed by atoms with E-state index in [1.54, 1.807) is 12.1 Å². The number of hydrogen-bond acceptors (Lipinski definition) is 3. The molecule has 0 unspecified atom stereocenters. The van der Waals surface area contributed by atoms with Crippen LogP contribution in [0.15, 0.2) is 54.6 Å². The summed E-state index contributed by atoms with van der Waals surface area (Å²) < 4.78 is 0. The van der Waals surface area contributed by atoms with Crippen LogP contribution in [0.3, 0.4) is 0 Å². The highest BCUT2D eigenvalue weighted by atomic mass is 16.3. The van der Waals surface area contributed by atoms with Crippen LogP contribution in [0.1, 0.15) is 17.5 Å². The van der Waals surface area contributed by atoms with E-state index in [1.807, 2.05) is 43.3 Å². The third-order valence-corrected chi connectivity index (χ3v) is 4.66. The van der Waals surface area contributed by atoms with Gasteiger partial charge in [-0.1, -0.05) is 48.0 Å². The molecule has 1 saturated heterocycles. The number of nitrogens with one attached hydrogen (secondary N) is 2. The summed E-state index contributed by atoms with van der Waals surface area (Å²) in [6.07, 6.45) is 0.274. The van der Waals surface area contributed by atoms with E-state index in [4.69, 9.17) is 0 Å². The number of amides is 3. The molecule has 2 atom stereocenters. The largest absolute Gasteiger partial charge is 0.391 e. The van der Waals surface area contributed by atoms with E-state index < -0.39 is 12.1 Å². The van der Waals surface area contributed by atoms with E-state index in [-0.39, 0.29) is 24.9 Å². The minimum absolute atomic E-state index is 0.147. The average Bonchev–Trinajstić information content (AvgIpc) is 3.05. The van der Waals surface area contributed by atoms with Crippen molar-refractivity contribution in [2.24, 2.45) is 0 Å². The number of urea groups is 1. The monoisotopic (exact) mass is 367 g/mol. The Morgan fingerprint density at radius 2 is 1.93 bits per heavy atom. The molecule has 6 nitrogen and oxygen atoms in total. The van der Waals surface area contributed by atoms with Crippen LogP contribution in [0.5, 0.6) is 0 Å². The van der Waals surface area contributed by atoms with Gasteiger partial charge in [0, 0.05) is 25.2 Å². The average molecular weight is 367 g/mol. The summed E-state index contributed by atoms with van der Waals surface area (Å²) in [6, 6.07) is 16.2. The van der Waals surface area contributed by atoms with Crippen LogP contribution in [0, 0.1) is 6.92 Å². The third-order valence-electron chi connectivity index (χ3n) is 4.66. The minimum atomic E-state index is -0.695. The second kappa shape index (κ2) is 8.68. The maximum Gasteiger partial charge on any atom is 0.322 e. The number of benzene rings is 2. The molecule has 0 radical (unpaired) electrons. The second-order valence-electron chi connectivity index (χ2n) is 6.88. The number of para-hydroxylation sites is 1. The van der Waals surface area contributed by atoms with Crippen LogP contribution in [0.4, 0.5) is 10.5 Å². The van der Waals surface area contributed by atoms with Crippen LogP contribution < -0.4 is 10.6 Å². The van der Waals surface area contributed by atoms with Gasteiger partial charge in [-0.2, -0.15) is 0 Å². The first kappa shape index (κ1) is 18.9. The highest BCUT2D eigenvalue weighted by Crippen LogP contribution is 2.20. The maximum atomic E-state index is 12.6. The molecular weight excluding hydrogens is 342 g/mol. The zero-order chi connectivity index (χ0) is 19.2. The first-order valence-corrected chi connectivity index (χ1v) is 9.17. The lowest BCUT2D eigenvalue weighted by molar-refractivity contribution is -0.124. The van der Waals surface area contributed by atoms with Crippen molar-refractivity contribution in [1.82, 2.24) is 10.2 Å². The number of anilines is 1. The Balaban J connectivity index is 1.56. The molecule has 142 valence electrons. The first-order valence-electron chi connectivity index (χ1n) is 9.17. The van der Waals surface area contributed by atoms with E-state index >= 15 is 0 Å². The van der Waals surface area contributed by atoms with Crippen molar-refractivity contribution in [3.63, 3.8) is 0 Å². The lowest BCUT2D eigenvalue weighted by Crippen LogP contribution is -2.47. The highest BCUT2D eigenvalue weighted by Gasteiger charge is 2.38. The Labute approximate surface area is 159 Å². The van der Waals surface area contributed by atoms with Gasteiger partial charge in [-0.15, -0.1) is 0 Å². The van der Waals surface area contributed by atoms with Crippen molar-refractivity contribution in [2.45, 2.75) is 31.9 Å². The highest BCUT2D eigenvalue weighted by molar-refractivity contribution is 5.94. The Morgan fingerprint density at radius 1 is 1.15 bits per heavy atom. The van der Waals surface area contributed by atoms with Crippen LogP contribution in [0.25, 0.3) is 0 Å². The van der Waals surface area contributed by atoms with Crippen molar-refractivity contribution in [3.8, 4) is 0 Å². The maximum absolute atomic E-state index is 12.6. The standard InChI is InChI=1S/C21H25N3O3/c1-15-6-5-7-16(12-15)10-11-22-20(26)19-13-18(25)14-24(19)21(27)23-17-8-3-2-4-9-17/h2-9,12,18-19,25H,10-11,13-14H2,1H3,(H,22,26)(H,23,27)/t18-,19-/m0/s1. The van der Waals surface area contributed by atoms with E-state index in [0.717, 1.165) is 12.0 Å². The second-order valence-corrected chi connectivity index (χ2v) is 6.88. The summed E-state index contributed by atoms with van der Waals surface area (Å²) in [5.74, 6) is -0.234. The molecular formula is C21H25N3O3. The van der Waals surface area contributed by atoms with Crippen molar-refractivity contribution in [3.05, 3.63) is 65.7 Å². The van der Waals surface area contributed by atoms with Gasteiger partial charge in [0.05, 0.1) is 6.10 Å². The summed E-state index contributed by atoms with van der Waals surface area (Å²) in [6.45, 7) is 2.67. The van der Waals surface area contributed by atoms with Crippen molar-refractivity contribution < 1.29 is 14.7 Å². The predicted molar refractivity (Wildman–Crippen MR) is 104 cm³/mol. The van der Waals surface area contributed by atoms with E-state index in [2.05, 4.69) is 16.7 Å². The summed E-state index contributed by atoms with van der Waals surface area (Å²) in [5.41, 5.74) is 2.99. The van der Waals surface area contributed by atoms with Gasteiger partial charge in [0.2, 0.25) is 5.91 Å². The van der Waals surface area contributed by atoms with Crippen molar-refractivity contribution in [1.29, 1.82) is 0 Å². The van der Waals surface area contributed by atoms with Gasteiger partial charge < -0.3 is 20.6 Å². The molecule has 2 aromatic rings. The number of aliphatic hydroxyl groups is 1. The minimum Gasteiger partial charge on any atom is -0.391 e. The molecule has 6 heteroatoms. The molecule has 1 heterocycles. The Hall–Kier alpha value is -2.86. The van der Waals surface area contributed by atoms with Gasteiger partial charge in [0.1, 0.15) is 6.04 Å². The number of hydrogen-bond donors (Lipinski definition) is 3. The Bertz CT molecular complexity index is 794. The quantitative estimate of drug-likeness (QED) is 0.759. The van der Waals surface area contributed by atoms with Gasteiger partial charge in [0.25, 0.3) is 0 Å². The summed E-state index contributed by atoms with van der Waals surface area (Å²) in [4.78, 5) is 26.5. The number of nitrogens with zero attached hydrogens (tertiary/aromatic N) is 1. The number of carbonyl (C=O) groups excluding carboxylic acids is 2. The van der Waals surface area contributed by atoms with Gasteiger partial charge >= 0.3 is 6.03 Å². The molecule has 3 amide bonds. The normalized spacial score (nSPS) is 19.0. The van der Waals surface area contributed by atoms with E-state index in [9.17, 15) is 14.7 Å². The molecule has 3 N–H and O–H groups in total. The smallest absolute Gasteiger partial charge is 0.322 e. The zero-order valence-corrected chi connectivity index (χ0v) is 15.4. The lowest BCUT2D eigenvalue weighted by atomic mass is 10.1. The third kappa shape index (κ3) is 5.08. The fourth-order valence-electron chi connectivity index (χ4n) is 3.32. The lowest BCUT2D eigenvalue weighted by Gasteiger charge is -2.24. The van der Waals surface area contributed by atoms with Crippen LogP contribution in [0.2, 0.25) is 0 Å². The van der Waals surface area contributed by atoms with Crippen molar-refractivity contribution >= 4 is 17.6 Å². The fourth-order valence-corrected chi connectivity index (χ4v) is 3.32. The molecule has 1 aliphatic heterocycles. The summed E-state index contributed by atoms with van der Waals surface area (Å²) in [7, 11) is 0. The number of likely N-dealkylation sites (tertiary alicyclic amines) is 1. The first-order chi connectivity index (χ1) is 13.0. The Kier molecular flexibility index (Phi) is 6.08. The van der Waals surface area contributed by atoms with E-state index in [1.165, 1.54) is 10.5 Å². The van der Waals surface area contributed by atoms with Crippen LogP contribution in [-0.4, -0.2) is 47.2 Å². The molecule has 3 rings (SSSR count). The fraction of sp³-hybridized carbons (Fsp3) is 0.333. The molecule has 1 fully saturated rings.